The molecule has 0 aliphatic heterocycles. The predicted molar refractivity (Wildman–Crippen MR) is 91.1 cm³/mol. The molecule has 4 heteroatoms. The second-order valence-corrected chi connectivity index (χ2v) is 6.19. The SMILES string of the molecule is CNC(CCN(C)Cc1ccncc1)c1cccc(Br)c1. The fourth-order valence-electron chi connectivity index (χ4n) is 2.43. The van der Waals surface area contributed by atoms with E-state index in [2.05, 4.69) is 74.6 Å². The van der Waals surface area contributed by atoms with Crippen molar-refractivity contribution < 1.29 is 0 Å². The van der Waals surface area contributed by atoms with Crippen LogP contribution in [0, 0.1) is 0 Å². The summed E-state index contributed by atoms with van der Waals surface area (Å²) in [5.41, 5.74) is 2.63. The quantitative estimate of drug-likeness (QED) is 0.828. The Bertz CT molecular complexity index is 545. The molecule has 1 atom stereocenters. The van der Waals surface area contributed by atoms with Crippen LogP contribution < -0.4 is 5.32 Å². The number of aromatic nitrogens is 1. The van der Waals surface area contributed by atoms with Crippen molar-refractivity contribution in [3.63, 3.8) is 0 Å². The summed E-state index contributed by atoms with van der Waals surface area (Å²) in [6.45, 7) is 2.00. The maximum absolute atomic E-state index is 4.06. The van der Waals surface area contributed by atoms with Gasteiger partial charge in [-0.1, -0.05) is 28.1 Å². The molecule has 2 rings (SSSR count). The number of pyridine rings is 1. The Morgan fingerprint density at radius 1 is 1.24 bits per heavy atom. The first-order valence-electron chi connectivity index (χ1n) is 7.19. The van der Waals surface area contributed by atoms with E-state index < -0.39 is 0 Å². The zero-order valence-corrected chi connectivity index (χ0v) is 14.2. The molecule has 0 radical (unpaired) electrons. The summed E-state index contributed by atoms with van der Waals surface area (Å²) in [6, 6.07) is 13.0. The smallest absolute Gasteiger partial charge is 0.0330 e. The summed E-state index contributed by atoms with van der Waals surface area (Å²) in [4.78, 5) is 6.40. The summed E-state index contributed by atoms with van der Waals surface area (Å²) in [6.07, 6.45) is 4.77. The van der Waals surface area contributed by atoms with Crippen molar-refractivity contribution in [2.75, 3.05) is 20.6 Å². The van der Waals surface area contributed by atoms with Crippen molar-refractivity contribution in [3.8, 4) is 0 Å². The van der Waals surface area contributed by atoms with Crippen molar-refractivity contribution in [2.45, 2.75) is 19.0 Å². The van der Waals surface area contributed by atoms with E-state index in [0.717, 1.165) is 24.0 Å². The number of benzene rings is 1. The van der Waals surface area contributed by atoms with Crippen LogP contribution in [0.4, 0.5) is 0 Å². The second kappa shape index (κ2) is 8.27. The van der Waals surface area contributed by atoms with Crippen LogP contribution in [0.15, 0.2) is 53.3 Å². The molecule has 1 aromatic heterocycles. The van der Waals surface area contributed by atoms with Crippen molar-refractivity contribution in [2.24, 2.45) is 0 Å². The van der Waals surface area contributed by atoms with E-state index in [1.165, 1.54) is 11.1 Å². The molecular weight excluding hydrogens is 326 g/mol. The number of hydrogen-bond donors (Lipinski definition) is 1. The van der Waals surface area contributed by atoms with E-state index in [1.54, 1.807) is 0 Å². The van der Waals surface area contributed by atoms with E-state index in [4.69, 9.17) is 0 Å². The number of nitrogens with one attached hydrogen (secondary N) is 1. The molecule has 0 saturated carbocycles. The number of rotatable bonds is 7. The van der Waals surface area contributed by atoms with Gasteiger partial charge in [0, 0.05) is 29.5 Å². The van der Waals surface area contributed by atoms with Crippen molar-refractivity contribution in [1.82, 2.24) is 15.2 Å². The lowest BCUT2D eigenvalue weighted by Crippen LogP contribution is -2.25. The Morgan fingerprint density at radius 3 is 2.67 bits per heavy atom. The molecule has 21 heavy (non-hydrogen) atoms. The topological polar surface area (TPSA) is 28.2 Å². The van der Waals surface area contributed by atoms with Crippen LogP contribution in [0.3, 0.4) is 0 Å². The minimum Gasteiger partial charge on any atom is -0.313 e. The molecule has 3 nitrogen and oxygen atoms in total. The van der Waals surface area contributed by atoms with Gasteiger partial charge in [-0.3, -0.25) is 4.98 Å². The molecule has 0 aliphatic carbocycles. The minimum absolute atomic E-state index is 0.377. The largest absolute Gasteiger partial charge is 0.313 e. The highest BCUT2D eigenvalue weighted by Gasteiger charge is 2.10. The van der Waals surface area contributed by atoms with E-state index in [1.807, 2.05) is 19.4 Å². The van der Waals surface area contributed by atoms with Crippen LogP contribution in [0.2, 0.25) is 0 Å². The number of hydrogen-bond acceptors (Lipinski definition) is 3. The van der Waals surface area contributed by atoms with Crippen LogP contribution in [0.1, 0.15) is 23.6 Å². The first-order valence-corrected chi connectivity index (χ1v) is 7.98. The standard InChI is InChI=1S/C17H22BrN3/c1-19-17(15-4-3-5-16(18)12-15)8-11-21(2)13-14-6-9-20-10-7-14/h3-7,9-10,12,17,19H,8,11,13H2,1-2H3. The molecule has 0 aliphatic rings. The molecule has 0 saturated heterocycles. The van der Waals surface area contributed by atoms with Crippen molar-refractivity contribution >= 4 is 15.9 Å². The first-order chi connectivity index (χ1) is 10.2. The molecule has 1 heterocycles. The van der Waals surface area contributed by atoms with Gasteiger partial charge in [0.25, 0.3) is 0 Å². The average molecular weight is 348 g/mol. The van der Waals surface area contributed by atoms with Gasteiger partial charge in [0.05, 0.1) is 0 Å². The molecule has 1 unspecified atom stereocenters. The summed E-state index contributed by atoms with van der Waals surface area (Å²) < 4.78 is 1.13. The lowest BCUT2D eigenvalue weighted by atomic mass is 10.0. The van der Waals surface area contributed by atoms with Crippen LogP contribution in [0.5, 0.6) is 0 Å². The zero-order chi connectivity index (χ0) is 15.1. The van der Waals surface area contributed by atoms with Gasteiger partial charge < -0.3 is 10.2 Å². The molecule has 2 aromatic rings. The highest BCUT2D eigenvalue weighted by atomic mass is 79.9. The highest BCUT2D eigenvalue weighted by molar-refractivity contribution is 9.10. The van der Waals surface area contributed by atoms with Gasteiger partial charge in [-0.05, 0) is 62.5 Å². The van der Waals surface area contributed by atoms with Crippen molar-refractivity contribution in [3.05, 3.63) is 64.4 Å². The molecular formula is C17H22BrN3. The Kier molecular flexibility index (Phi) is 6.36. The third kappa shape index (κ3) is 5.23. The Labute approximate surface area is 135 Å². The maximum atomic E-state index is 4.06. The lowest BCUT2D eigenvalue weighted by molar-refractivity contribution is 0.304. The third-order valence-electron chi connectivity index (χ3n) is 3.60. The average Bonchev–Trinajstić information content (AvgIpc) is 2.49. The van der Waals surface area contributed by atoms with E-state index in [0.29, 0.717) is 6.04 Å². The molecule has 1 N–H and O–H groups in total. The molecule has 0 spiro atoms. The van der Waals surface area contributed by atoms with Crippen molar-refractivity contribution in [1.29, 1.82) is 0 Å². The van der Waals surface area contributed by atoms with Gasteiger partial charge in [0.2, 0.25) is 0 Å². The second-order valence-electron chi connectivity index (χ2n) is 5.28. The minimum atomic E-state index is 0.377. The summed E-state index contributed by atoms with van der Waals surface area (Å²) >= 11 is 3.54. The van der Waals surface area contributed by atoms with Crippen LogP contribution in [-0.4, -0.2) is 30.5 Å². The van der Waals surface area contributed by atoms with E-state index in [9.17, 15) is 0 Å². The molecule has 1 aromatic carbocycles. The fraction of sp³-hybridized carbons (Fsp3) is 0.353. The number of halogens is 1. The maximum Gasteiger partial charge on any atom is 0.0330 e. The Hall–Kier alpha value is -1.23. The van der Waals surface area contributed by atoms with Gasteiger partial charge in [-0.25, -0.2) is 0 Å². The predicted octanol–water partition coefficient (Wildman–Crippen LogP) is 3.63. The molecule has 112 valence electrons. The fourth-order valence-corrected chi connectivity index (χ4v) is 2.85. The Balaban J connectivity index is 1.88. The summed E-state index contributed by atoms with van der Waals surface area (Å²) in [5.74, 6) is 0. The molecule has 0 fully saturated rings. The van der Waals surface area contributed by atoms with Gasteiger partial charge in [0.15, 0.2) is 0 Å². The molecule has 0 bridgehead atoms. The van der Waals surface area contributed by atoms with Crippen LogP contribution in [-0.2, 0) is 6.54 Å². The van der Waals surface area contributed by atoms with Crippen LogP contribution in [0.25, 0.3) is 0 Å². The first kappa shape index (κ1) is 16.1. The van der Waals surface area contributed by atoms with Gasteiger partial charge in [-0.2, -0.15) is 0 Å². The summed E-state index contributed by atoms with van der Waals surface area (Å²) in [5, 5.41) is 3.41. The third-order valence-corrected chi connectivity index (χ3v) is 4.09. The summed E-state index contributed by atoms with van der Waals surface area (Å²) in [7, 11) is 4.18. The highest BCUT2D eigenvalue weighted by Crippen LogP contribution is 2.21. The van der Waals surface area contributed by atoms with E-state index >= 15 is 0 Å². The monoisotopic (exact) mass is 347 g/mol. The molecule has 0 amide bonds. The lowest BCUT2D eigenvalue weighted by Gasteiger charge is -2.22. The van der Waals surface area contributed by atoms with E-state index in [-0.39, 0.29) is 0 Å². The normalized spacial score (nSPS) is 12.6. The van der Waals surface area contributed by atoms with Gasteiger partial charge >= 0.3 is 0 Å². The van der Waals surface area contributed by atoms with Crippen LogP contribution >= 0.6 is 15.9 Å². The van der Waals surface area contributed by atoms with Gasteiger partial charge in [-0.15, -0.1) is 0 Å². The zero-order valence-electron chi connectivity index (χ0n) is 12.6. The van der Waals surface area contributed by atoms with Gasteiger partial charge in [0.1, 0.15) is 0 Å². The number of nitrogens with zero attached hydrogens (tertiary/aromatic N) is 2. The Morgan fingerprint density at radius 2 is 2.00 bits per heavy atom.